The van der Waals surface area contributed by atoms with Crippen LogP contribution in [0.5, 0.6) is 5.75 Å². The molecule has 1 atom stereocenters. The molecule has 0 aliphatic rings. The maximum absolute atomic E-state index is 10.3. The van der Waals surface area contributed by atoms with Gasteiger partial charge in [-0.2, -0.15) is 0 Å². The van der Waals surface area contributed by atoms with Crippen molar-refractivity contribution < 1.29 is 10.2 Å². The van der Waals surface area contributed by atoms with Crippen molar-refractivity contribution in [3.8, 4) is 5.75 Å². The van der Waals surface area contributed by atoms with E-state index in [2.05, 4.69) is 20.8 Å². The van der Waals surface area contributed by atoms with Gasteiger partial charge >= 0.3 is 0 Å². The molecule has 2 heteroatoms. The predicted octanol–water partition coefficient (Wildman–Crippen LogP) is 3.64. The summed E-state index contributed by atoms with van der Waals surface area (Å²) in [4.78, 5) is 0. The Balaban J connectivity index is 2.79. The lowest BCUT2D eigenvalue weighted by Crippen LogP contribution is -2.21. The lowest BCUT2D eigenvalue weighted by atomic mass is 9.78. The Bertz CT molecular complexity index is 331. The third-order valence-electron chi connectivity index (χ3n) is 3.10. The highest BCUT2D eigenvalue weighted by Crippen LogP contribution is 2.38. The molecule has 0 unspecified atom stereocenters. The molecule has 0 radical (unpaired) electrons. The first-order valence-electron chi connectivity index (χ1n) is 5.94. The van der Waals surface area contributed by atoms with Crippen LogP contribution in [0.4, 0.5) is 0 Å². The highest BCUT2D eigenvalue weighted by Gasteiger charge is 2.28. The summed E-state index contributed by atoms with van der Waals surface area (Å²) in [5.74, 6) is 0.211. The first kappa shape index (κ1) is 13.0. The van der Waals surface area contributed by atoms with Gasteiger partial charge in [0.25, 0.3) is 0 Å². The normalized spacial score (nSPS) is 13.8. The van der Waals surface area contributed by atoms with Crippen LogP contribution in [0.25, 0.3) is 0 Å². The maximum atomic E-state index is 10.3. The summed E-state index contributed by atoms with van der Waals surface area (Å²) in [6, 6.07) is 6.88. The van der Waals surface area contributed by atoms with Crippen molar-refractivity contribution in [2.45, 2.75) is 46.1 Å². The van der Waals surface area contributed by atoms with E-state index >= 15 is 0 Å². The summed E-state index contributed by atoms with van der Waals surface area (Å²) in [7, 11) is 0. The topological polar surface area (TPSA) is 40.5 Å². The fraction of sp³-hybridized carbons (Fsp3) is 0.571. The van der Waals surface area contributed by atoms with E-state index in [-0.39, 0.29) is 11.2 Å². The molecule has 16 heavy (non-hydrogen) atoms. The van der Waals surface area contributed by atoms with Crippen LogP contribution in [-0.2, 0) is 0 Å². The van der Waals surface area contributed by atoms with Gasteiger partial charge in [0.2, 0.25) is 0 Å². The number of hydrogen-bond acceptors (Lipinski definition) is 2. The first-order chi connectivity index (χ1) is 7.47. The standard InChI is InChI=1S/C14H22O2/c1-4-5-9-14(2,3)13(16)11-7-6-8-12(15)10-11/h6-8,10,13,15-16H,4-5,9H2,1-3H3/t13-/m0/s1. The fourth-order valence-electron chi connectivity index (χ4n) is 1.92. The molecule has 0 aliphatic carbocycles. The number of rotatable bonds is 5. The Labute approximate surface area is 97.9 Å². The minimum Gasteiger partial charge on any atom is -0.508 e. The molecule has 0 bridgehead atoms. The number of hydrogen-bond donors (Lipinski definition) is 2. The highest BCUT2D eigenvalue weighted by atomic mass is 16.3. The Hall–Kier alpha value is -1.02. The smallest absolute Gasteiger partial charge is 0.115 e. The molecule has 2 nitrogen and oxygen atoms in total. The lowest BCUT2D eigenvalue weighted by molar-refractivity contribution is 0.0413. The number of unbranched alkanes of at least 4 members (excludes halogenated alkanes) is 1. The van der Waals surface area contributed by atoms with E-state index in [1.165, 1.54) is 0 Å². The minimum absolute atomic E-state index is 0.149. The number of phenols is 1. The van der Waals surface area contributed by atoms with Crippen LogP contribution in [-0.4, -0.2) is 10.2 Å². The number of aliphatic hydroxyl groups is 1. The van der Waals surface area contributed by atoms with E-state index in [0.29, 0.717) is 0 Å². The summed E-state index contributed by atoms with van der Waals surface area (Å²) >= 11 is 0. The number of benzene rings is 1. The van der Waals surface area contributed by atoms with E-state index in [9.17, 15) is 10.2 Å². The molecule has 1 rings (SSSR count). The van der Waals surface area contributed by atoms with Gasteiger partial charge in [0, 0.05) is 0 Å². The molecule has 0 aromatic heterocycles. The molecule has 2 N–H and O–H groups in total. The SMILES string of the molecule is CCCCC(C)(C)[C@@H](O)c1cccc(O)c1. The van der Waals surface area contributed by atoms with Gasteiger partial charge in [-0.05, 0) is 29.5 Å². The number of aliphatic hydroxyl groups excluding tert-OH is 1. The van der Waals surface area contributed by atoms with Gasteiger partial charge in [0.1, 0.15) is 5.75 Å². The first-order valence-corrected chi connectivity index (χ1v) is 5.94. The van der Waals surface area contributed by atoms with E-state index in [1.807, 2.05) is 6.07 Å². The lowest BCUT2D eigenvalue weighted by Gasteiger charge is -2.31. The van der Waals surface area contributed by atoms with Crippen LogP contribution in [0.15, 0.2) is 24.3 Å². The van der Waals surface area contributed by atoms with Crippen molar-refractivity contribution in [1.82, 2.24) is 0 Å². The largest absolute Gasteiger partial charge is 0.508 e. The fourth-order valence-corrected chi connectivity index (χ4v) is 1.92. The molecule has 1 aromatic carbocycles. The minimum atomic E-state index is -0.522. The molecule has 90 valence electrons. The Morgan fingerprint density at radius 1 is 1.31 bits per heavy atom. The average molecular weight is 222 g/mol. The van der Waals surface area contributed by atoms with Crippen LogP contribution in [0.3, 0.4) is 0 Å². The summed E-state index contributed by atoms with van der Waals surface area (Å²) < 4.78 is 0. The third kappa shape index (κ3) is 3.24. The monoisotopic (exact) mass is 222 g/mol. The average Bonchev–Trinajstić information content (AvgIpc) is 2.25. The zero-order chi connectivity index (χ0) is 12.2. The Morgan fingerprint density at radius 3 is 2.56 bits per heavy atom. The van der Waals surface area contributed by atoms with Gasteiger partial charge in [0.05, 0.1) is 6.10 Å². The summed E-state index contributed by atoms with van der Waals surface area (Å²) in [6.45, 7) is 6.28. The van der Waals surface area contributed by atoms with Crippen LogP contribution < -0.4 is 0 Å². The van der Waals surface area contributed by atoms with E-state index in [0.717, 1.165) is 24.8 Å². The third-order valence-corrected chi connectivity index (χ3v) is 3.10. The van der Waals surface area contributed by atoms with Crippen molar-refractivity contribution in [2.24, 2.45) is 5.41 Å². The van der Waals surface area contributed by atoms with Gasteiger partial charge in [-0.15, -0.1) is 0 Å². The second kappa shape index (κ2) is 5.35. The van der Waals surface area contributed by atoms with Crippen LogP contribution in [0.2, 0.25) is 0 Å². The van der Waals surface area contributed by atoms with Gasteiger partial charge in [-0.25, -0.2) is 0 Å². The molecule has 0 aliphatic heterocycles. The van der Waals surface area contributed by atoms with Crippen molar-refractivity contribution in [3.63, 3.8) is 0 Å². The van der Waals surface area contributed by atoms with E-state index in [1.54, 1.807) is 18.2 Å². The second-order valence-electron chi connectivity index (χ2n) is 5.09. The summed E-state index contributed by atoms with van der Waals surface area (Å²) in [5, 5.41) is 19.7. The quantitative estimate of drug-likeness (QED) is 0.798. The van der Waals surface area contributed by atoms with E-state index in [4.69, 9.17) is 0 Å². The molecule has 1 aromatic rings. The molecular weight excluding hydrogens is 200 g/mol. The molecule has 0 heterocycles. The zero-order valence-corrected chi connectivity index (χ0v) is 10.4. The molecular formula is C14H22O2. The van der Waals surface area contributed by atoms with Crippen molar-refractivity contribution in [3.05, 3.63) is 29.8 Å². The zero-order valence-electron chi connectivity index (χ0n) is 10.4. The maximum Gasteiger partial charge on any atom is 0.115 e. The van der Waals surface area contributed by atoms with Crippen LogP contribution in [0, 0.1) is 5.41 Å². The second-order valence-corrected chi connectivity index (χ2v) is 5.09. The Kier molecular flexibility index (Phi) is 4.36. The predicted molar refractivity (Wildman–Crippen MR) is 66.4 cm³/mol. The van der Waals surface area contributed by atoms with Crippen molar-refractivity contribution >= 4 is 0 Å². The van der Waals surface area contributed by atoms with Gasteiger partial charge in [-0.3, -0.25) is 0 Å². The highest BCUT2D eigenvalue weighted by molar-refractivity contribution is 5.29. The van der Waals surface area contributed by atoms with Crippen molar-refractivity contribution in [2.75, 3.05) is 0 Å². The van der Waals surface area contributed by atoms with Crippen molar-refractivity contribution in [1.29, 1.82) is 0 Å². The van der Waals surface area contributed by atoms with Gasteiger partial charge in [-0.1, -0.05) is 45.7 Å². The number of aromatic hydroxyl groups is 1. The molecule has 0 saturated carbocycles. The van der Waals surface area contributed by atoms with E-state index < -0.39 is 6.10 Å². The molecule has 0 saturated heterocycles. The number of phenolic OH excluding ortho intramolecular Hbond substituents is 1. The van der Waals surface area contributed by atoms with Gasteiger partial charge in [0.15, 0.2) is 0 Å². The summed E-state index contributed by atoms with van der Waals surface area (Å²) in [6.07, 6.45) is 2.71. The molecule has 0 spiro atoms. The van der Waals surface area contributed by atoms with Crippen LogP contribution >= 0.6 is 0 Å². The van der Waals surface area contributed by atoms with Gasteiger partial charge < -0.3 is 10.2 Å². The summed E-state index contributed by atoms with van der Waals surface area (Å²) in [5.41, 5.74) is 0.644. The molecule has 0 amide bonds. The molecule has 0 fully saturated rings. The Morgan fingerprint density at radius 2 is 2.00 bits per heavy atom. The van der Waals surface area contributed by atoms with Crippen LogP contribution in [0.1, 0.15) is 51.7 Å².